The summed E-state index contributed by atoms with van der Waals surface area (Å²) in [5.74, 6) is -0.0362. The predicted molar refractivity (Wildman–Crippen MR) is 43.1 cm³/mol. The van der Waals surface area contributed by atoms with Gasteiger partial charge >= 0.3 is 5.97 Å². The smallest absolute Gasteiger partial charge is 0.316 e. The van der Waals surface area contributed by atoms with Crippen LogP contribution in [0.2, 0.25) is 0 Å². The summed E-state index contributed by atoms with van der Waals surface area (Å²) in [5.41, 5.74) is 1.26. The maximum atomic E-state index is 11.0. The molecule has 0 bridgehead atoms. The highest BCUT2D eigenvalue weighted by molar-refractivity contribution is 5.83. The van der Waals surface area contributed by atoms with Crippen LogP contribution in [0.3, 0.4) is 0 Å². The molecule has 0 aromatic carbocycles. The zero-order valence-corrected chi connectivity index (χ0v) is 7.09. The molecule has 62 valence electrons. The van der Waals surface area contributed by atoms with Crippen LogP contribution in [0.15, 0.2) is 11.6 Å². The molecular formula is C9H14O2. The van der Waals surface area contributed by atoms with E-state index in [2.05, 4.69) is 6.92 Å². The Kier molecular flexibility index (Phi) is 2.69. The Morgan fingerprint density at radius 2 is 2.36 bits per heavy atom. The molecule has 1 aliphatic rings. The molecule has 1 atom stereocenters. The van der Waals surface area contributed by atoms with Crippen molar-refractivity contribution in [3.63, 3.8) is 0 Å². The molecule has 2 nitrogen and oxygen atoms in total. The summed E-state index contributed by atoms with van der Waals surface area (Å²) in [4.78, 5) is 11.0. The first-order valence-electron chi connectivity index (χ1n) is 4.16. The van der Waals surface area contributed by atoms with Gasteiger partial charge in [-0.2, -0.15) is 0 Å². The summed E-state index contributed by atoms with van der Waals surface area (Å²) >= 11 is 0. The topological polar surface area (TPSA) is 26.3 Å². The molecule has 1 rings (SSSR count). The van der Waals surface area contributed by atoms with Gasteiger partial charge in [-0.05, 0) is 13.3 Å². The number of hydrogen-bond donors (Lipinski definition) is 0. The van der Waals surface area contributed by atoms with Crippen LogP contribution in [0.25, 0.3) is 0 Å². The first-order valence-corrected chi connectivity index (χ1v) is 4.16. The highest BCUT2D eigenvalue weighted by atomic mass is 16.5. The minimum absolute atomic E-state index is 0.0369. The van der Waals surface area contributed by atoms with Crippen LogP contribution in [0, 0.1) is 5.92 Å². The summed E-state index contributed by atoms with van der Waals surface area (Å²) in [6, 6.07) is 0. The number of esters is 1. The van der Waals surface area contributed by atoms with E-state index >= 15 is 0 Å². The van der Waals surface area contributed by atoms with Crippen molar-refractivity contribution in [1.82, 2.24) is 0 Å². The molecule has 1 unspecified atom stereocenters. The number of carbonyl (C=O) groups is 1. The quantitative estimate of drug-likeness (QED) is 0.456. The second-order valence-electron chi connectivity index (χ2n) is 2.72. The minimum Gasteiger partial charge on any atom is -0.465 e. The van der Waals surface area contributed by atoms with E-state index in [1.165, 1.54) is 5.57 Å². The number of hydrogen-bond acceptors (Lipinski definition) is 2. The number of carbonyl (C=O) groups excluding carboxylic acids is 1. The molecule has 0 heterocycles. The van der Waals surface area contributed by atoms with E-state index in [4.69, 9.17) is 4.74 Å². The van der Waals surface area contributed by atoms with Crippen molar-refractivity contribution >= 4 is 5.97 Å². The molecule has 0 aromatic rings. The van der Waals surface area contributed by atoms with Crippen molar-refractivity contribution in [3.8, 4) is 0 Å². The number of rotatable bonds is 4. The highest BCUT2D eigenvalue weighted by Gasteiger charge is 2.31. The maximum Gasteiger partial charge on any atom is 0.316 e. The van der Waals surface area contributed by atoms with Gasteiger partial charge in [-0.15, -0.1) is 0 Å². The predicted octanol–water partition coefficient (Wildman–Crippen LogP) is 1.91. The monoisotopic (exact) mass is 154 g/mol. The van der Waals surface area contributed by atoms with E-state index in [0.29, 0.717) is 6.61 Å². The second kappa shape index (κ2) is 3.56. The molecule has 0 aliphatic heterocycles. The van der Waals surface area contributed by atoms with Crippen LogP contribution in [0.5, 0.6) is 0 Å². The average Bonchev–Trinajstić information content (AvgIpc) is 2.69. The lowest BCUT2D eigenvalue weighted by molar-refractivity contribution is -0.144. The van der Waals surface area contributed by atoms with Crippen LogP contribution in [-0.4, -0.2) is 12.6 Å². The van der Waals surface area contributed by atoms with E-state index in [-0.39, 0.29) is 11.9 Å². The summed E-state index contributed by atoms with van der Waals surface area (Å²) in [7, 11) is 0. The van der Waals surface area contributed by atoms with Gasteiger partial charge < -0.3 is 4.74 Å². The van der Waals surface area contributed by atoms with Crippen molar-refractivity contribution in [1.29, 1.82) is 0 Å². The normalized spacial score (nSPS) is 20.9. The van der Waals surface area contributed by atoms with E-state index in [1.54, 1.807) is 0 Å². The lowest BCUT2D eigenvalue weighted by Crippen LogP contribution is -2.08. The molecule has 0 radical (unpaired) electrons. The van der Waals surface area contributed by atoms with E-state index in [1.807, 2.05) is 13.0 Å². The van der Waals surface area contributed by atoms with Gasteiger partial charge in [0.25, 0.3) is 0 Å². The fraction of sp³-hybridized carbons (Fsp3) is 0.667. The third-order valence-corrected chi connectivity index (χ3v) is 1.75. The van der Waals surface area contributed by atoms with Gasteiger partial charge in [-0.1, -0.05) is 25.0 Å². The Hall–Kier alpha value is -0.790. The molecule has 1 aliphatic carbocycles. The van der Waals surface area contributed by atoms with Gasteiger partial charge in [0.1, 0.15) is 0 Å². The molecule has 0 fully saturated rings. The van der Waals surface area contributed by atoms with Crippen LogP contribution >= 0.6 is 0 Å². The van der Waals surface area contributed by atoms with Crippen molar-refractivity contribution < 1.29 is 9.53 Å². The van der Waals surface area contributed by atoms with Gasteiger partial charge in [0.2, 0.25) is 0 Å². The third-order valence-electron chi connectivity index (χ3n) is 1.75. The summed E-state index contributed by atoms with van der Waals surface area (Å²) in [5, 5.41) is 0. The van der Waals surface area contributed by atoms with Crippen molar-refractivity contribution in [2.45, 2.75) is 26.7 Å². The van der Waals surface area contributed by atoms with Gasteiger partial charge in [-0.3, -0.25) is 4.79 Å². The van der Waals surface area contributed by atoms with Gasteiger partial charge in [0, 0.05) is 0 Å². The Balaban J connectivity index is 2.18. The first-order chi connectivity index (χ1) is 5.29. The maximum absolute atomic E-state index is 11.0. The van der Waals surface area contributed by atoms with Crippen molar-refractivity contribution in [2.24, 2.45) is 5.92 Å². The Bertz CT molecular complexity index is 182. The SMILES string of the molecule is CCCC1=CC1C(=O)OCC. The first kappa shape index (κ1) is 8.31. The van der Waals surface area contributed by atoms with E-state index in [0.717, 1.165) is 12.8 Å². The molecule has 2 heteroatoms. The molecule has 0 N–H and O–H groups in total. The molecule has 0 aromatic heterocycles. The van der Waals surface area contributed by atoms with Crippen molar-refractivity contribution in [3.05, 3.63) is 11.6 Å². The lowest BCUT2D eigenvalue weighted by atomic mass is 10.2. The van der Waals surface area contributed by atoms with Crippen LogP contribution in [-0.2, 0) is 9.53 Å². The van der Waals surface area contributed by atoms with Gasteiger partial charge in [0.15, 0.2) is 0 Å². The standard InChI is InChI=1S/C9H14O2/c1-3-5-7-6-8(7)9(10)11-4-2/h6,8H,3-5H2,1-2H3. The second-order valence-corrected chi connectivity index (χ2v) is 2.72. The summed E-state index contributed by atoms with van der Waals surface area (Å²) < 4.78 is 4.85. The summed E-state index contributed by atoms with van der Waals surface area (Å²) in [6.45, 7) is 4.43. The Labute approximate surface area is 67.2 Å². The Morgan fingerprint density at radius 1 is 1.64 bits per heavy atom. The number of ether oxygens (including phenoxy) is 1. The average molecular weight is 154 g/mol. The lowest BCUT2D eigenvalue weighted by Gasteiger charge is -1.99. The van der Waals surface area contributed by atoms with Crippen LogP contribution in [0.4, 0.5) is 0 Å². The largest absolute Gasteiger partial charge is 0.465 e. The van der Waals surface area contributed by atoms with Gasteiger partial charge in [-0.25, -0.2) is 0 Å². The molecular weight excluding hydrogens is 140 g/mol. The van der Waals surface area contributed by atoms with Crippen LogP contribution < -0.4 is 0 Å². The molecule has 0 spiro atoms. The van der Waals surface area contributed by atoms with Crippen LogP contribution in [0.1, 0.15) is 26.7 Å². The highest BCUT2D eigenvalue weighted by Crippen LogP contribution is 2.33. The van der Waals surface area contributed by atoms with E-state index < -0.39 is 0 Å². The van der Waals surface area contributed by atoms with E-state index in [9.17, 15) is 4.79 Å². The molecule has 0 amide bonds. The fourth-order valence-electron chi connectivity index (χ4n) is 1.14. The van der Waals surface area contributed by atoms with Gasteiger partial charge in [0.05, 0.1) is 12.5 Å². The summed E-state index contributed by atoms with van der Waals surface area (Å²) in [6.07, 6.45) is 4.15. The van der Waals surface area contributed by atoms with Crippen molar-refractivity contribution in [2.75, 3.05) is 6.61 Å². The zero-order valence-electron chi connectivity index (χ0n) is 7.09. The third kappa shape index (κ3) is 2.07. The minimum atomic E-state index is -0.0732. The Morgan fingerprint density at radius 3 is 2.91 bits per heavy atom. The zero-order chi connectivity index (χ0) is 8.27. The molecule has 0 saturated heterocycles. The molecule has 11 heavy (non-hydrogen) atoms. The fourth-order valence-corrected chi connectivity index (χ4v) is 1.14. The molecule has 0 saturated carbocycles.